The SMILES string of the molecule is Cc1cccc(-n2ccn(Cc3cn(CC4CC(=O)N(Cc5ccccc5)C4)nn3)c(=O)c2=O)c1. The van der Waals surface area contributed by atoms with Crippen LogP contribution in [0.4, 0.5) is 0 Å². The van der Waals surface area contributed by atoms with Crippen molar-refractivity contribution in [2.75, 3.05) is 6.54 Å². The highest BCUT2D eigenvalue weighted by Crippen LogP contribution is 2.21. The van der Waals surface area contributed by atoms with Crippen LogP contribution >= 0.6 is 0 Å². The van der Waals surface area contributed by atoms with Crippen molar-refractivity contribution in [3.8, 4) is 5.69 Å². The number of likely N-dealkylation sites (tertiary alicyclic amines) is 1. The molecule has 1 fully saturated rings. The van der Waals surface area contributed by atoms with Gasteiger partial charge in [-0.25, -0.2) is 0 Å². The third-order valence-corrected chi connectivity index (χ3v) is 6.21. The van der Waals surface area contributed by atoms with Crippen LogP contribution in [0.15, 0.2) is 82.8 Å². The molecule has 178 valence electrons. The lowest BCUT2D eigenvalue weighted by Gasteiger charge is -2.16. The summed E-state index contributed by atoms with van der Waals surface area (Å²) >= 11 is 0. The highest BCUT2D eigenvalue weighted by atomic mass is 16.2. The van der Waals surface area contributed by atoms with Gasteiger partial charge in [-0.2, -0.15) is 0 Å². The van der Waals surface area contributed by atoms with Crippen LogP contribution in [0.5, 0.6) is 0 Å². The molecule has 9 heteroatoms. The maximum Gasteiger partial charge on any atom is 0.320 e. The van der Waals surface area contributed by atoms with Crippen LogP contribution in [0.3, 0.4) is 0 Å². The second-order valence-corrected chi connectivity index (χ2v) is 9.01. The lowest BCUT2D eigenvalue weighted by atomic mass is 10.1. The summed E-state index contributed by atoms with van der Waals surface area (Å²) in [5, 5.41) is 8.34. The van der Waals surface area contributed by atoms with E-state index in [1.165, 1.54) is 9.13 Å². The summed E-state index contributed by atoms with van der Waals surface area (Å²) in [4.78, 5) is 39.7. The number of hydrogen-bond acceptors (Lipinski definition) is 5. The molecule has 0 bridgehead atoms. The zero-order valence-corrected chi connectivity index (χ0v) is 19.4. The first-order valence-corrected chi connectivity index (χ1v) is 11.6. The van der Waals surface area contributed by atoms with Crippen LogP contribution in [0.25, 0.3) is 5.69 Å². The second-order valence-electron chi connectivity index (χ2n) is 9.01. The Balaban J connectivity index is 1.24. The van der Waals surface area contributed by atoms with Gasteiger partial charge in [0.25, 0.3) is 0 Å². The van der Waals surface area contributed by atoms with Gasteiger partial charge in [0.1, 0.15) is 5.69 Å². The summed E-state index contributed by atoms with van der Waals surface area (Å²) in [5.41, 5.74) is 2.10. The average Bonchev–Trinajstić information content (AvgIpc) is 3.43. The number of aryl methyl sites for hydroxylation is 1. The van der Waals surface area contributed by atoms with Gasteiger partial charge in [-0.05, 0) is 30.2 Å². The minimum absolute atomic E-state index is 0.139. The van der Waals surface area contributed by atoms with Gasteiger partial charge in [0.15, 0.2) is 0 Å². The Morgan fingerprint density at radius 1 is 0.943 bits per heavy atom. The molecule has 2 aromatic carbocycles. The minimum atomic E-state index is -0.624. The van der Waals surface area contributed by atoms with Crippen molar-refractivity contribution >= 4 is 5.91 Å². The maximum atomic E-state index is 12.7. The van der Waals surface area contributed by atoms with Crippen LogP contribution in [0, 0.1) is 12.8 Å². The highest BCUT2D eigenvalue weighted by Gasteiger charge is 2.30. The number of rotatable bonds is 7. The first-order valence-electron chi connectivity index (χ1n) is 11.6. The zero-order valence-electron chi connectivity index (χ0n) is 19.4. The fourth-order valence-corrected chi connectivity index (χ4v) is 4.49. The molecular formula is C26H26N6O3. The fraction of sp³-hybridized carbons (Fsp3) is 0.269. The Morgan fingerprint density at radius 3 is 2.57 bits per heavy atom. The summed E-state index contributed by atoms with van der Waals surface area (Å²) in [6.45, 7) is 3.91. The van der Waals surface area contributed by atoms with E-state index in [4.69, 9.17) is 0 Å². The number of amides is 1. The molecule has 1 atom stereocenters. The van der Waals surface area contributed by atoms with E-state index in [9.17, 15) is 14.4 Å². The first kappa shape index (κ1) is 22.5. The minimum Gasteiger partial charge on any atom is -0.338 e. The van der Waals surface area contributed by atoms with Gasteiger partial charge in [0.2, 0.25) is 5.91 Å². The van der Waals surface area contributed by atoms with Crippen molar-refractivity contribution in [3.05, 3.63) is 111 Å². The molecule has 0 N–H and O–H groups in total. The van der Waals surface area contributed by atoms with Gasteiger partial charge < -0.3 is 9.47 Å². The number of hydrogen-bond donors (Lipinski definition) is 0. The fourth-order valence-electron chi connectivity index (χ4n) is 4.49. The summed E-state index contributed by atoms with van der Waals surface area (Å²) in [6.07, 6.45) is 5.41. The molecule has 1 aliphatic rings. The number of carbonyl (C=O) groups excluding carboxylic acids is 1. The van der Waals surface area contributed by atoms with E-state index in [-0.39, 0.29) is 18.4 Å². The molecular weight excluding hydrogens is 444 g/mol. The van der Waals surface area contributed by atoms with Gasteiger partial charge in [-0.1, -0.05) is 47.7 Å². The molecule has 0 spiro atoms. The van der Waals surface area contributed by atoms with Crippen molar-refractivity contribution in [1.29, 1.82) is 0 Å². The topological polar surface area (TPSA) is 95.0 Å². The van der Waals surface area contributed by atoms with Crippen molar-refractivity contribution in [2.45, 2.75) is 33.0 Å². The average molecular weight is 471 g/mol. The Labute approximate surface area is 201 Å². The molecule has 3 heterocycles. The molecule has 0 radical (unpaired) electrons. The third-order valence-electron chi connectivity index (χ3n) is 6.21. The number of aromatic nitrogens is 5. The van der Waals surface area contributed by atoms with Gasteiger partial charge in [-0.3, -0.25) is 23.6 Å². The maximum absolute atomic E-state index is 12.7. The van der Waals surface area contributed by atoms with E-state index in [1.807, 2.05) is 60.4 Å². The van der Waals surface area contributed by atoms with E-state index in [0.29, 0.717) is 37.4 Å². The molecule has 0 aliphatic carbocycles. The van der Waals surface area contributed by atoms with E-state index in [1.54, 1.807) is 29.3 Å². The van der Waals surface area contributed by atoms with Gasteiger partial charge >= 0.3 is 11.1 Å². The Bertz CT molecular complexity index is 1470. The smallest absolute Gasteiger partial charge is 0.320 e. The van der Waals surface area contributed by atoms with Gasteiger partial charge in [-0.15, -0.1) is 5.10 Å². The predicted octanol–water partition coefficient (Wildman–Crippen LogP) is 2.00. The molecule has 35 heavy (non-hydrogen) atoms. The zero-order chi connectivity index (χ0) is 24.4. The number of nitrogens with zero attached hydrogens (tertiary/aromatic N) is 6. The second kappa shape index (κ2) is 9.54. The van der Waals surface area contributed by atoms with Crippen LogP contribution in [-0.4, -0.2) is 41.5 Å². The van der Waals surface area contributed by atoms with E-state index < -0.39 is 11.1 Å². The highest BCUT2D eigenvalue weighted by molar-refractivity contribution is 5.78. The lowest BCUT2D eigenvalue weighted by molar-refractivity contribution is -0.128. The summed E-state index contributed by atoms with van der Waals surface area (Å²) < 4.78 is 4.39. The largest absolute Gasteiger partial charge is 0.338 e. The van der Waals surface area contributed by atoms with E-state index in [0.717, 1.165) is 11.1 Å². The third kappa shape index (κ3) is 4.98. The Kier molecular flexibility index (Phi) is 6.13. The molecule has 0 saturated carbocycles. The predicted molar refractivity (Wildman–Crippen MR) is 130 cm³/mol. The van der Waals surface area contributed by atoms with Crippen LogP contribution < -0.4 is 11.1 Å². The van der Waals surface area contributed by atoms with E-state index >= 15 is 0 Å². The molecule has 1 saturated heterocycles. The summed E-state index contributed by atoms with van der Waals surface area (Å²) in [6, 6.07) is 17.4. The number of benzene rings is 2. The van der Waals surface area contributed by atoms with Crippen molar-refractivity contribution in [1.82, 2.24) is 29.0 Å². The molecule has 1 aliphatic heterocycles. The molecule has 9 nitrogen and oxygen atoms in total. The standard InChI is InChI=1S/C26H26N6O3/c1-19-6-5-9-23(12-19)32-11-10-29(25(34)26(32)35)17-22-18-31(28-27-22)16-21-13-24(33)30(15-21)14-20-7-3-2-4-8-20/h2-12,18,21H,13-17H2,1H3. The molecule has 4 aromatic rings. The van der Waals surface area contributed by atoms with Crippen LogP contribution in [-0.2, 0) is 24.4 Å². The number of carbonyl (C=O) groups is 1. The van der Waals surface area contributed by atoms with Crippen LogP contribution in [0.1, 0.15) is 23.2 Å². The summed E-state index contributed by atoms with van der Waals surface area (Å²) in [5.74, 6) is 0.279. The quantitative estimate of drug-likeness (QED) is 0.385. The van der Waals surface area contributed by atoms with E-state index in [2.05, 4.69) is 10.3 Å². The molecule has 2 aromatic heterocycles. The van der Waals surface area contributed by atoms with Gasteiger partial charge in [0, 0.05) is 50.1 Å². The summed E-state index contributed by atoms with van der Waals surface area (Å²) in [7, 11) is 0. The van der Waals surface area contributed by atoms with Crippen molar-refractivity contribution in [3.63, 3.8) is 0 Å². The Hall–Kier alpha value is -4.27. The molecule has 5 rings (SSSR count). The monoisotopic (exact) mass is 470 g/mol. The molecule has 1 unspecified atom stereocenters. The van der Waals surface area contributed by atoms with Gasteiger partial charge in [0.05, 0.1) is 12.7 Å². The van der Waals surface area contributed by atoms with Crippen molar-refractivity contribution < 1.29 is 4.79 Å². The lowest BCUT2D eigenvalue weighted by Crippen LogP contribution is -2.40. The molecule has 1 amide bonds. The van der Waals surface area contributed by atoms with Crippen molar-refractivity contribution in [2.24, 2.45) is 5.92 Å². The Morgan fingerprint density at radius 2 is 1.77 bits per heavy atom. The van der Waals surface area contributed by atoms with Crippen LogP contribution in [0.2, 0.25) is 0 Å². The normalized spacial score (nSPS) is 15.6. The first-order chi connectivity index (χ1) is 17.0.